The van der Waals surface area contributed by atoms with Crippen LogP contribution in [0.4, 0.5) is 5.69 Å². The van der Waals surface area contributed by atoms with Gasteiger partial charge in [-0.25, -0.2) is 4.79 Å². The molecule has 0 N–H and O–H groups in total. The largest absolute Gasteiger partial charge is 0.473 e. The molecular formula is C21H18ClNO3. The summed E-state index contributed by atoms with van der Waals surface area (Å²) < 4.78 is 11.7. The van der Waals surface area contributed by atoms with Crippen LogP contribution >= 0.6 is 11.6 Å². The number of benzene rings is 2. The Morgan fingerprint density at radius 3 is 2.62 bits per heavy atom. The molecule has 5 heteroatoms. The van der Waals surface area contributed by atoms with Crippen molar-refractivity contribution >= 4 is 28.3 Å². The maximum Gasteiger partial charge on any atom is 0.339 e. The van der Waals surface area contributed by atoms with Gasteiger partial charge in [-0.2, -0.15) is 0 Å². The lowest BCUT2D eigenvalue weighted by Gasteiger charge is -2.31. The highest BCUT2D eigenvalue weighted by atomic mass is 35.5. The molecule has 0 atom stereocenters. The van der Waals surface area contributed by atoms with Gasteiger partial charge >= 0.3 is 5.63 Å². The van der Waals surface area contributed by atoms with Gasteiger partial charge in [-0.1, -0.05) is 23.7 Å². The van der Waals surface area contributed by atoms with Crippen molar-refractivity contribution in [2.75, 3.05) is 11.6 Å². The standard InChI is InChI=1S/C21H18ClNO3/c22-17-7-3-4-8-18(17)23-11-16-19(25-12-23)10-9-14-13-5-1-2-6-15(13)21(24)26-20(14)16/h3-4,7-10H,1-2,5-6,11-12H2. The van der Waals surface area contributed by atoms with Crippen molar-refractivity contribution in [1.82, 2.24) is 0 Å². The van der Waals surface area contributed by atoms with E-state index in [1.165, 1.54) is 0 Å². The number of nitrogens with zero attached hydrogens (tertiary/aromatic N) is 1. The minimum atomic E-state index is -0.199. The van der Waals surface area contributed by atoms with Gasteiger partial charge in [0, 0.05) is 10.9 Å². The first kappa shape index (κ1) is 15.8. The van der Waals surface area contributed by atoms with E-state index in [4.69, 9.17) is 20.8 Å². The molecule has 0 unspecified atom stereocenters. The number of para-hydroxylation sites is 1. The number of aryl methyl sites for hydroxylation is 1. The zero-order chi connectivity index (χ0) is 17.7. The molecule has 3 aromatic rings. The molecule has 1 aromatic heterocycles. The molecule has 0 saturated carbocycles. The second-order valence-electron chi connectivity index (χ2n) is 6.90. The molecule has 4 nitrogen and oxygen atoms in total. The van der Waals surface area contributed by atoms with Crippen molar-refractivity contribution in [2.24, 2.45) is 0 Å². The number of fused-ring (bicyclic) bond motifs is 5. The highest BCUT2D eigenvalue weighted by Crippen LogP contribution is 2.38. The maximum absolute atomic E-state index is 12.5. The maximum atomic E-state index is 12.5. The van der Waals surface area contributed by atoms with Gasteiger partial charge in [0.2, 0.25) is 0 Å². The highest BCUT2D eigenvalue weighted by Gasteiger charge is 2.26. The van der Waals surface area contributed by atoms with Crippen molar-refractivity contribution in [3.05, 3.63) is 68.5 Å². The average molecular weight is 368 g/mol. The van der Waals surface area contributed by atoms with Crippen LogP contribution in [0.2, 0.25) is 5.02 Å². The van der Waals surface area contributed by atoms with Crippen LogP contribution in [0.3, 0.4) is 0 Å². The van der Waals surface area contributed by atoms with Gasteiger partial charge < -0.3 is 14.1 Å². The van der Waals surface area contributed by atoms with E-state index >= 15 is 0 Å². The predicted octanol–water partition coefficient (Wildman–Crippen LogP) is 4.68. The molecule has 2 aliphatic rings. The van der Waals surface area contributed by atoms with E-state index < -0.39 is 0 Å². The van der Waals surface area contributed by atoms with Crippen LogP contribution in [0.1, 0.15) is 29.5 Å². The molecule has 5 rings (SSSR count). The van der Waals surface area contributed by atoms with Crippen LogP contribution in [0.15, 0.2) is 45.6 Å². The molecule has 1 aliphatic heterocycles. The third kappa shape index (κ3) is 2.40. The quantitative estimate of drug-likeness (QED) is 0.585. The topological polar surface area (TPSA) is 42.7 Å². The number of hydrogen-bond acceptors (Lipinski definition) is 4. The first-order valence-electron chi connectivity index (χ1n) is 8.95. The van der Waals surface area contributed by atoms with E-state index in [9.17, 15) is 4.79 Å². The summed E-state index contributed by atoms with van der Waals surface area (Å²) in [7, 11) is 0. The van der Waals surface area contributed by atoms with Gasteiger partial charge in [-0.3, -0.25) is 0 Å². The SMILES string of the molecule is O=c1oc2c3c(ccc2c2c1CCCC2)OCN(c1ccccc1Cl)C3. The lowest BCUT2D eigenvalue weighted by atomic mass is 9.90. The summed E-state index contributed by atoms with van der Waals surface area (Å²) in [6, 6.07) is 11.7. The van der Waals surface area contributed by atoms with Crippen LogP contribution in [0.25, 0.3) is 11.0 Å². The molecule has 0 fully saturated rings. The number of anilines is 1. The minimum absolute atomic E-state index is 0.199. The van der Waals surface area contributed by atoms with Crippen LogP contribution in [-0.2, 0) is 19.4 Å². The Bertz CT molecular complexity index is 1070. The number of rotatable bonds is 1. The Kier molecular flexibility index (Phi) is 3.68. The number of ether oxygens (including phenoxy) is 1. The van der Waals surface area contributed by atoms with E-state index in [-0.39, 0.29) is 5.63 Å². The minimum Gasteiger partial charge on any atom is -0.473 e. The summed E-state index contributed by atoms with van der Waals surface area (Å²) in [5, 5.41) is 1.72. The zero-order valence-corrected chi connectivity index (χ0v) is 15.0. The van der Waals surface area contributed by atoms with Crippen molar-refractivity contribution in [3.63, 3.8) is 0 Å². The van der Waals surface area contributed by atoms with Crippen molar-refractivity contribution in [1.29, 1.82) is 0 Å². The fourth-order valence-electron chi connectivity index (χ4n) is 4.08. The number of halogens is 1. The Hall–Kier alpha value is -2.46. The predicted molar refractivity (Wildman–Crippen MR) is 102 cm³/mol. The van der Waals surface area contributed by atoms with Crippen molar-refractivity contribution in [2.45, 2.75) is 32.2 Å². The molecule has 2 heterocycles. The number of hydrogen-bond donors (Lipinski definition) is 0. The molecule has 0 radical (unpaired) electrons. The smallest absolute Gasteiger partial charge is 0.339 e. The molecule has 2 aromatic carbocycles. The van der Waals surface area contributed by atoms with Gasteiger partial charge in [0.05, 0.1) is 22.8 Å². The Morgan fingerprint density at radius 2 is 1.77 bits per heavy atom. The third-order valence-corrected chi connectivity index (χ3v) is 5.69. The first-order valence-corrected chi connectivity index (χ1v) is 9.33. The van der Waals surface area contributed by atoms with Gasteiger partial charge in [0.15, 0.2) is 6.73 Å². The van der Waals surface area contributed by atoms with Gasteiger partial charge in [-0.05, 0) is 55.5 Å². The molecule has 0 bridgehead atoms. The fourth-order valence-corrected chi connectivity index (χ4v) is 4.33. The Labute approximate surface area is 155 Å². The lowest BCUT2D eigenvalue weighted by Crippen LogP contribution is -2.32. The molecule has 26 heavy (non-hydrogen) atoms. The molecule has 1 aliphatic carbocycles. The molecular weight excluding hydrogens is 350 g/mol. The normalized spacial score (nSPS) is 16.1. The summed E-state index contributed by atoms with van der Waals surface area (Å²) in [6.07, 6.45) is 3.92. The Morgan fingerprint density at radius 1 is 0.962 bits per heavy atom. The van der Waals surface area contributed by atoms with Gasteiger partial charge in [0.25, 0.3) is 0 Å². The average Bonchev–Trinajstić information content (AvgIpc) is 2.68. The van der Waals surface area contributed by atoms with Crippen LogP contribution in [-0.4, -0.2) is 6.73 Å². The highest BCUT2D eigenvalue weighted by molar-refractivity contribution is 6.33. The summed E-state index contributed by atoms with van der Waals surface area (Å²) in [5.74, 6) is 0.778. The molecule has 0 amide bonds. The third-order valence-electron chi connectivity index (χ3n) is 5.37. The lowest BCUT2D eigenvalue weighted by molar-refractivity contribution is 0.289. The summed E-state index contributed by atoms with van der Waals surface area (Å²) in [6.45, 7) is 1.01. The van der Waals surface area contributed by atoms with E-state index in [0.717, 1.165) is 59.2 Å². The van der Waals surface area contributed by atoms with Crippen molar-refractivity contribution < 1.29 is 9.15 Å². The molecule has 132 valence electrons. The second-order valence-corrected chi connectivity index (χ2v) is 7.30. The van der Waals surface area contributed by atoms with E-state index in [2.05, 4.69) is 4.90 Å². The second kappa shape index (κ2) is 6.06. The summed E-state index contributed by atoms with van der Waals surface area (Å²) in [4.78, 5) is 14.6. The van der Waals surface area contributed by atoms with Crippen LogP contribution in [0, 0.1) is 0 Å². The van der Waals surface area contributed by atoms with E-state index in [1.807, 2.05) is 36.4 Å². The van der Waals surface area contributed by atoms with Gasteiger partial charge in [0.1, 0.15) is 11.3 Å². The first-order chi connectivity index (χ1) is 12.7. The fraction of sp³-hybridized carbons (Fsp3) is 0.286. The molecule has 0 spiro atoms. The van der Waals surface area contributed by atoms with E-state index in [1.54, 1.807) is 0 Å². The van der Waals surface area contributed by atoms with Crippen molar-refractivity contribution in [3.8, 4) is 5.75 Å². The Balaban J connectivity index is 1.67. The zero-order valence-electron chi connectivity index (χ0n) is 14.3. The van der Waals surface area contributed by atoms with E-state index in [0.29, 0.717) is 23.9 Å². The monoisotopic (exact) mass is 367 g/mol. The molecule has 0 saturated heterocycles. The van der Waals surface area contributed by atoms with Gasteiger partial charge in [-0.15, -0.1) is 0 Å². The summed E-state index contributed by atoms with van der Waals surface area (Å²) >= 11 is 6.35. The summed E-state index contributed by atoms with van der Waals surface area (Å²) in [5.41, 5.74) is 4.29. The van der Waals surface area contributed by atoms with Crippen LogP contribution in [0.5, 0.6) is 5.75 Å². The van der Waals surface area contributed by atoms with Crippen LogP contribution < -0.4 is 15.3 Å².